The maximum absolute atomic E-state index is 13.5. The predicted molar refractivity (Wildman–Crippen MR) is 82.4 cm³/mol. The molecular weight excluding hydrogens is 305 g/mol. The molecule has 0 saturated heterocycles. The van der Waals surface area contributed by atoms with Crippen molar-refractivity contribution in [3.8, 4) is 28.7 Å². The van der Waals surface area contributed by atoms with Crippen LogP contribution in [0.15, 0.2) is 42.5 Å². The molecule has 3 nitrogen and oxygen atoms in total. The van der Waals surface area contributed by atoms with Gasteiger partial charge in [-0.3, -0.25) is 0 Å². The summed E-state index contributed by atoms with van der Waals surface area (Å²) in [7, 11) is 0. The third-order valence-electron chi connectivity index (χ3n) is 3.45. The molecule has 0 amide bonds. The van der Waals surface area contributed by atoms with Crippen molar-refractivity contribution >= 4 is 22.4 Å². The number of rotatable bonds is 1. The van der Waals surface area contributed by atoms with Crippen molar-refractivity contribution in [2.24, 2.45) is 0 Å². The van der Waals surface area contributed by atoms with Gasteiger partial charge in [-0.1, -0.05) is 29.8 Å². The van der Waals surface area contributed by atoms with Crippen LogP contribution in [0.25, 0.3) is 21.9 Å². The third kappa shape index (κ3) is 2.22. The van der Waals surface area contributed by atoms with Crippen molar-refractivity contribution in [2.45, 2.75) is 0 Å². The van der Waals surface area contributed by atoms with E-state index in [-0.39, 0.29) is 16.3 Å². The van der Waals surface area contributed by atoms with Gasteiger partial charge >= 0.3 is 0 Å². The van der Waals surface area contributed by atoms with Crippen LogP contribution in [-0.2, 0) is 0 Å². The Bertz CT molecular complexity index is 948. The van der Waals surface area contributed by atoms with Crippen molar-refractivity contribution in [1.82, 2.24) is 0 Å². The van der Waals surface area contributed by atoms with Gasteiger partial charge in [-0.05, 0) is 35.4 Å². The van der Waals surface area contributed by atoms with Crippen molar-refractivity contribution in [1.29, 1.82) is 5.26 Å². The molecule has 0 aromatic heterocycles. The van der Waals surface area contributed by atoms with E-state index < -0.39 is 11.6 Å². The minimum absolute atomic E-state index is 0.158. The first-order valence-corrected chi connectivity index (χ1v) is 6.73. The highest BCUT2D eigenvalue weighted by Gasteiger charge is 2.12. The molecule has 0 saturated carbocycles. The number of nitriles is 1. The minimum Gasteiger partial charge on any atom is -0.506 e. The summed E-state index contributed by atoms with van der Waals surface area (Å²) in [4.78, 5) is 0. The van der Waals surface area contributed by atoms with Crippen LogP contribution in [0.4, 0.5) is 4.39 Å². The van der Waals surface area contributed by atoms with Crippen molar-refractivity contribution < 1.29 is 14.6 Å². The van der Waals surface area contributed by atoms with Crippen LogP contribution in [0.1, 0.15) is 5.56 Å². The molecule has 3 rings (SSSR count). The largest absolute Gasteiger partial charge is 0.506 e. The van der Waals surface area contributed by atoms with E-state index >= 15 is 0 Å². The number of benzene rings is 3. The van der Waals surface area contributed by atoms with Crippen LogP contribution in [0.2, 0.25) is 5.02 Å². The van der Waals surface area contributed by atoms with Crippen molar-refractivity contribution in [3.63, 3.8) is 0 Å². The summed E-state index contributed by atoms with van der Waals surface area (Å²) in [5.74, 6) is -1.30. The zero-order valence-electron chi connectivity index (χ0n) is 11.1. The predicted octanol–water partition coefficient (Wildman–Crippen LogP) is 4.58. The Hall–Kier alpha value is -2.77. The van der Waals surface area contributed by atoms with Crippen LogP contribution in [-0.4, -0.2) is 10.2 Å². The van der Waals surface area contributed by atoms with Gasteiger partial charge in [0.15, 0.2) is 11.6 Å². The lowest BCUT2D eigenvalue weighted by Gasteiger charge is -2.09. The fourth-order valence-electron chi connectivity index (χ4n) is 2.33. The summed E-state index contributed by atoms with van der Waals surface area (Å²) in [6, 6.07) is 12.4. The summed E-state index contributed by atoms with van der Waals surface area (Å²) in [6.07, 6.45) is 0. The quantitative estimate of drug-likeness (QED) is 0.691. The molecule has 22 heavy (non-hydrogen) atoms. The van der Waals surface area contributed by atoms with Crippen LogP contribution in [0, 0.1) is 17.1 Å². The molecule has 108 valence electrons. The topological polar surface area (TPSA) is 64.2 Å². The Morgan fingerprint density at radius 3 is 2.27 bits per heavy atom. The van der Waals surface area contributed by atoms with Gasteiger partial charge in [-0.25, -0.2) is 4.39 Å². The van der Waals surface area contributed by atoms with Gasteiger partial charge in [0.2, 0.25) is 0 Å². The molecule has 0 heterocycles. The Kier molecular flexibility index (Phi) is 3.36. The maximum Gasteiger partial charge on any atom is 0.165 e. The molecule has 3 aromatic rings. The van der Waals surface area contributed by atoms with Crippen LogP contribution >= 0.6 is 11.6 Å². The number of halogens is 2. The third-order valence-corrected chi connectivity index (χ3v) is 3.85. The molecule has 0 aliphatic carbocycles. The molecular formula is C17H9ClFNO2. The number of nitrogens with zero attached hydrogens (tertiary/aromatic N) is 1. The highest BCUT2D eigenvalue weighted by molar-refractivity contribution is 6.37. The average Bonchev–Trinajstić information content (AvgIpc) is 2.53. The number of hydrogen-bond donors (Lipinski definition) is 2. The van der Waals surface area contributed by atoms with E-state index in [1.807, 2.05) is 6.07 Å². The van der Waals surface area contributed by atoms with Gasteiger partial charge in [0.05, 0.1) is 16.7 Å². The summed E-state index contributed by atoms with van der Waals surface area (Å²) in [5, 5.41) is 29.4. The first-order chi connectivity index (χ1) is 10.5. The lowest BCUT2D eigenvalue weighted by Crippen LogP contribution is -1.86. The van der Waals surface area contributed by atoms with E-state index in [4.69, 9.17) is 11.6 Å². The molecule has 0 bridgehead atoms. The fourth-order valence-corrected chi connectivity index (χ4v) is 2.55. The van der Waals surface area contributed by atoms with Gasteiger partial charge in [-0.15, -0.1) is 0 Å². The van der Waals surface area contributed by atoms with Crippen LogP contribution in [0.3, 0.4) is 0 Å². The minimum atomic E-state index is -0.721. The molecule has 3 aromatic carbocycles. The standard InChI is InChI=1S/C17H9ClFNO2/c18-17-12-3-1-9(10-2-4-15(21)14(19)6-10)5-13(12)11(8-20)7-16(17)22/h1-7,21-22H. The van der Waals surface area contributed by atoms with E-state index in [0.717, 1.165) is 0 Å². The molecule has 0 unspecified atom stereocenters. The first kappa shape index (κ1) is 14.2. The van der Waals surface area contributed by atoms with E-state index in [1.54, 1.807) is 24.3 Å². The molecule has 0 fully saturated rings. The highest BCUT2D eigenvalue weighted by atomic mass is 35.5. The molecule has 0 radical (unpaired) electrons. The second-order valence-electron chi connectivity index (χ2n) is 4.80. The summed E-state index contributed by atoms with van der Waals surface area (Å²) >= 11 is 6.05. The highest BCUT2D eigenvalue weighted by Crippen LogP contribution is 2.37. The Morgan fingerprint density at radius 2 is 1.59 bits per heavy atom. The SMILES string of the molecule is N#Cc1cc(O)c(Cl)c2ccc(-c3ccc(O)c(F)c3)cc12. The summed E-state index contributed by atoms with van der Waals surface area (Å²) < 4.78 is 13.5. The van der Waals surface area contributed by atoms with Gasteiger partial charge in [0, 0.05) is 10.8 Å². The molecule has 0 aliphatic heterocycles. The molecule has 0 atom stereocenters. The Balaban J connectivity index is 2.28. The smallest absolute Gasteiger partial charge is 0.165 e. The second kappa shape index (κ2) is 5.21. The van der Waals surface area contributed by atoms with E-state index in [0.29, 0.717) is 21.9 Å². The van der Waals surface area contributed by atoms with Gasteiger partial charge in [0.1, 0.15) is 5.75 Å². The second-order valence-corrected chi connectivity index (χ2v) is 5.17. The number of phenols is 2. The van der Waals surface area contributed by atoms with E-state index in [1.165, 1.54) is 18.2 Å². The molecule has 0 spiro atoms. The fraction of sp³-hybridized carbons (Fsp3) is 0. The lowest BCUT2D eigenvalue weighted by molar-refractivity contribution is 0.432. The van der Waals surface area contributed by atoms with Crippen molar-refractivity contribution in [3.05, 3.63) is 58.9 Å². The lowest BCUT2D eigenvalue weighted by atomic mass is 9.98. The van der Waals surface area contributed by atoms with E-state index in [2.05, 4.69) is 0 Å². The summed E-state index contributed by atoms with van der Waals surface area (Å²) in [6.45, 7) is 0. The number of phenolic OH excluding ortho intramolecular Hbond substituents is 2. The zero-order chi connectivity index (χ0) is 15.9. The summed E-state index contributed by atoms with van der Waals surface area (Å²) in [5.41, 5.74) is 1.51. The normalized spacial score (nSPS) is 10.6. The monoisotopic (exact) mass is 313 g/mol. The van der Waals surface area contributed by atoms with Gasteiger partial charge in [-0.2, -0.15) is 5.26 Å². The molecule has 2 N–H and O–H groups in total. The van der Waals surface area contributed by atoms with Crippen molar-refractivity contribution in [2.75, 3.05) is 0 Å². The Labute approximate surface area is 130 Å². The number of fused-ring (bicyclic) bond motifs is 1. The van der Waals surface area contributed by atoms with E-state index in [9.17, 15) is 19.9 Å². The first-order valence-electron chi connectivity index (χ1n) is 6.35. The van der Waals surface area contributed by atoms with Gasteiger partial charge < -0.3 is 10.2 Å². The van der Waals surface area contributed by atoms with Gasteiger partial charge in [0.25, 0.3) is 0 Å². The number of aromatic hydroxyl groups is 2. The molecule has 5 heteroatoms. The zero-order valence-corrected chi connectivity index (χ0v) is 11.9. The number of hydrogen-bond acceptors (Lipinski definition) is 3. The average molecular weight is 314 g/mol. The van der Waals surface area contributed by atoms with Crippen LogP contribution in [0.5, 0.6) is 11.5 Å². The Morgan fingerprint density at radius 1 is 0.909 bits per heavy atom. The molecule has 0 aliphatic rings. The maximum atomic E-state index is 13.5. The van der Waals surface area contributed by atoms with Crippen LogP contribution < -0.4 is 0 Å².